The molecule has 0 aromatic heterocycles. The van der Waals surface area contributed by atoms with E-state index < -0.39 is 0 Å². The number of amides is 2. The third-order valence-electron chi connectivity index (χ3n) is 12.2. The first kappa shape index (κ1) is 32.2. The maximum atomic E-state index is 14.3. The van der Waals surface area contributed by atoms with Gasteiger partial charge >= 0.3 is 0 Å². The van der Waals surface area contributed by atoms with E-state index in [0.717, 1.165) is 65.4 Å². The molecule has 3 saturated carbocycles. The van der Waals surface area contributed by atoms with Crippen molar-refractivity contribution in [1.29, 1.82) is 0 Å². The summed E-state index contributed by atoms with van der Waals surface area (Å²) >= 11 is 6.50. The van der Waals surface area contributed by atoms with Gasteiger partial charge in [-0.3, -0.25) is 14.6 Å². The summed E-state index contributed by atoms with van der Waals surface area (Å²) in [5.74, 6) is 1.99. The summed E-state index contributed by atoms with van der Waals surface area (Å²) < 4.78 is 12.2. The number of nitrogens with zero attached hydrogens (tertiary/aromatic N) is 3. The van der Waals surface area contributed by atoms with Crippen LogP contribution in [0.15, 0.2) is 77.1 Å². The number of phenols is 1. The quantitative estimate of drug-likeness (QED) is 0.250. The summed E-state index contributed by atoms with van der Waals surface area (Å²) in [6.45, 7) is 3.00. The first-order valence-corrected chi connectivity index (χ1v) is 18.4. The van der Waals surface area contributed by atoms with Crippen LogP contribution in [0.1, 0.15) is 59.5 Å². The van der Waals surface area contributed by atoms with Crippen LogP contribution in [0.5, 0.6) is 17.2 Å². The number of methoxy groups -OCH3 is 1. The van der Waals surface area contributed by atoms with Crippen molar-refractivity contribution in [2.24, 2.45) is 33.9 Å². The van der Waals surface area contributed by atoms with Gasteiger partial charge in [-0.2, -0.15) is 0 Å². The van der Waals surface area contributed by atoms with E-state index in [1.807, 2.05) is 60.7 Å². The minimum Gasteiger partial charge on any atom is -0.507 e. The molecular weight excluding hydrogens is 664 g/mol. The Morgan fingerprint density at radius 3 is 2.78 bits per heavy atom. The third-order valence-corrected chi connectivity index (χ3v) is 12.6. The maximum Gasteiger partial charge on any atom is 0.260 e. The molecule has 51 heavy (non-hydrogen) atoms. The largest absolute Gasteiger partial charge is 0.507 e. The van der Waals surface area contributed by atoms with Crippen LogP contribution in [-0.2, 0) is 4.79 Å². The Morgan fingerprint density at radius 2 is 2.02 bits per heavy atom. The molecule has 2 amide bonds. The number of benzene rings is 3. The van der Waals surface area contributed by atoms with Crippen LogP contribution in [0, 0.1) is 30.1 Å². The van der Waals surface area contributed by atoms with Gasteiger partial charge in [0, 0.05) is 71.2 Å². The number of halogens is 1. The lowest BCUT2D eigenvalue weighted by molar-refractivity contribution is -0.123. The molecule has 7 aliphatic rings. The highest BCUT2D eigenvalue weighted by molar-refractivity contribution is 6.19. The van der Waals surface area contributed by atoms with Crippen LogP contribution < -0.4 is 20.1 Å². The number of phenolic OH excluding ortho intramolecular Hbond substituents is 1. The van der Waals surface area contributed by atoms with Crippen LogP contribution in [0.4, 0.5) is 11.4 Å². The summed E-state index contributed by atoms with van der Waals surface area (Å²) in [6, 6.07) is 11.1. The number of aliphatic imine (C=N–C) groups is 1. The van der Waals surface area contributed by atoms with E-state index in [1.165, 1.54) is 5.57 Å². The minimum atomic E-state index is -0.153. The average Bonchev–Trinajstić information content (AvgIpc) is 3.88. The number of aryl methyl sites for hydroxylation is 1. The Labute approximate surface area is 302 Å². The smallest absolute Gasteiger partial charge is 0.260 e. The maximum absolute atomic E-state index is 14.3. The highest BCUT2D eigenvalue weighted by Gasteiger charge is 2.59. The van der Waals surface area contributed by atoms with Gasteiger partial charge in [0.05, 0.1) is 36.7 Å². The fourth-order valence-corrected chi connectivity index (χ4v) is 9.88. The number of nitrogens with two attached hydrogens (primary N) is 1. The molecule has 10 rings (SSSR count). The normalized spacial score (nSPS) is 28.5. The van der Waals surface area contributed by atoms with Gasteiger partial charge in [0.2, 0.25) is 5.91 Å². The van der Waals surface area contributed by atoms with E-state index in [1.54, 1.807) is 24.1 Å². The van der Waals surface area contributed by atoms with Gasteiger partial charge in [0.25, 0.3) is 5.91 Å². The number of carbonyl (C=O) groups is 2. The SMILES string of the molecule is COc1cc2c(cc1OCC13CC(C1)C(C(=O)N1C[C@@H](CCl)c4c1cc(O)c1cccc(C)c41)C3)N=C[C@@H]1CC(C3C=CC(N)=CC3)=CN1C2=O. The van der Waals surface area contributed by atoms with Gasteiger partial charge in [0.15, 0.2) is 11.5 Å². The predicted molar refractivity (Wildman–Crippen MR) is 198 cm³/mol. The van der Waals surface area contributed by atoms with Gasteiger partial charge in [-0.15, -0.1) is 11.6 Å². The molecule has 3 aliphatic heterocycles. The van der Waals surface area contributed by atoms with Gasteiger partial charge < -0.3 is 30.1 Å². The Hall–Kier alpha value is -4.76. The number of ether oxygens (including phenoxy) is 2. The Morgan fingerprint density at radius 1 is 1.18 bits per heavy atom. The van der Waals surface area contributed by atoms with Crippen molar-refractivity contribution in [3.63, 3.8) is 0 Å². The summed E-state index contributed by atoms with van der Waals surface area (Å²) in [6.07, 6.45) is 14.0. The predicted octanol–water partition coefficient (Wildman–Crippen LogP) is 7.26. The summed E-state index contributed by atoms with van der Waals surface area (Å²) in [5, 5.41) is 12.8. The molecule has 3 heterocycles. The topological polar surface area (TPSA) is 118 Å². The molecule has 0 spiro atoms. The van der Waals surface area contributed by atoms with Crippen molar-refractivity contribution in [3.05, 3.63) is 88.8 Å². The van der Waals surface area contributed by atoms with E-state index in [4.69, 9.17) is 31.8 Å². The first-order chi connectivity index (χ1) is 24.7. The van der Waals surface area contributed by atoms with E-state index in [9.17, 15) is 14.7 Å². The Kier molecular flexibility index (Phi) is 7.51. The van der Waals surface area contributed by atoms with E-state index in [0.29, 0.717) is 41.8 Å². The molecule has 0 saturated heterocycles. The zero-order chi connectivity index (χ0) is 35.2. The van der Waals surface area contributed by atoms with Gasteiger partial charge in [-0.1, -0.05) is 30.4 Å². The number of alkyl halides is 1. The number of allylic oxidation sites excluding steroid dienone is 3. The van der Waals surface area contributed by atoms with Crippen LogP contribution in [0.2, 0.25) is 0 Å². The molecule has 2 unspecified atom stereocenters. The molecule has 2 bridgehead atoms. The van der Waals surface area contributed by atoms with Crippen molar-refractivity contribution in [1.82, 2.24) is 4.90 Å². The molecule has 3 aromatic carbocycles. The van der Waals surface area contributed by atoms with Gasteiger partial charge in [-0.05, 0) is 79.2 Å². The standard InChI is InChI=1S/C41H41ClN4O5/c1-22-4-3-5-29-34(47)13-33-38(37(22)29)26(17-42)20-46(33)40(49)31-16-41(14-25(31)15-41)21-51-36-12-32-30(11-35(36)50-2)39(48)45-19-24(10-28(45)18-44-32)23-6-8-27(43)9-7-23/h3-6,8-9,11-13,18-19,23,25-26,28,31,47H,7,10,14-17,20-21,43H2,1-2H3/t23?,25?,26-,28+,31?,41?/m1/s1. The first-order valence-electron chi connectivity index (χ1n) is 17.9. The van der Waals surface area contributed by atoms with Crippen LogP contribution in [0.25, 0.3) is 10.8 Å². The number of rotatable bonds is 7. The van der Waals surface area contributed by atoms with E-state index >= 15 is 0 Å². The highest BCUT2D eigenvalue weighted by atomic mass is 35.5. The summed E-state index contributed by atoms with van der Waals surface area (Å²) in [5.41, 5.74) is 11.7. The lowest BCUT2D eigenvalue weighted by Gasteiger charge is -2.38. The van der Waals surface area contributed by atoms with Crippen LogP contribution in [0.3, 0.4) is 0 Å². The number of hydrogen-bond acceptors (Lipinski definition) is 7. The van der Waals surface area contributed by atoms with Crippen molar-refractivity contribution >= 4 is 51.8 Å². The van der Waals surface area contributed by atoms with Gasteiger partial charge in [0.1, 0.15) is 5.75 Å². The number of hydrogen-bond donors (Lipinski definition) is 2. The lowest BCUT2D eigenvalue weighted by Crippen LogP contribution is -2.37. The molecule has 0 radical (unpaired) electrons. The second kappa shape index (κ2) is 11.9. The Balaban J connectivity index is 0.913. The summed E-state index contributed by atoms with van der Waals surface area (Å²) in [4.78, 5) is 36.5. The van der Waals surface area contributed by atoms with Crippen LogP contribution in [-0.4, -0.2) is 60.2 Å². The fraction of sp³-hybridized carbons (Fsp3) is 0.390. The fourth-order valence-electron chi connectivity index (χ4n) is 9.63. The molecule has 262 valence electrons. The monoisotopic (exact) mass is 704 g/mol. The van der Waals surface area contributed by atoms with Crippen LogP contribution >= 0.6 is 11.6 Å². The zero-order valence-electron chi connectivity index (χ0n) is 28.8. The molecule has 3 N–H and O–H groups in total. The highest BCUT2D eigenvalue weighted by Crippen LogP contribution is 2.63. The lowest BCUT2D eigenvalue weighted by atomic mass is 9.70. The number of aromatic hydroxyl groups is 1. The van der Waals surface area contributed by atoms with Crippen molar-refractivity contribution in [2.45, 2.75) is 51.0 Å². The summed E-state index contributed by atoms with van der Waals surface area (Å²) in [7, 11) is 1.58. The number of anilines is 1. The minimum absolute atomic E-state index is 0.000457. The number of carbonyl (C=O) groups excluding carboxylic acids is 2. The number of fused-ring (bicyclic) bond motifs is 6. The molecule has 4 atom stereocenters. The zero-order valence-corrected chi connectivity index (χ0v) is 29.5. The second-order valence-electron chi connectivity index (χ2n) is 15.3. The second-order valence-corrected chi connectivity index (χ2v) is 15.6. The average molecular weight is 705 g/mol. The molecule has 10 heteroatoms. The molecule has 4 aliphatic carbocycles. The molecular formula is C41H41ClN4O5. The Bertz CT molecular complexity index is 2130. The molecule has 3 fully saturated rings. The molecule has 3 aromatic rings. The van der Waals surface area contributed by atoms with Gasteiger partial charge in [-0.25, -0.2) is 0 Å². The van der Waals surface area contributed by atoms with Crippen molar-refractivity contribution in [3.8, 4) is 17.2 Å². The van der Waals surface area contributed by atoms with Crippen molar-refractivity contribution < 1.29 is 24.2 Å². The molecule has 9 nitrogen and oxygen atoms in total. The van der Waals surface area contributed by atoms with E-state index in [2.05, 4.69) is 6.08 Å². The van der Waals surface area contributed by atoms with E-state index in [-0.39, 0.29) is 52.7 Å². The van der Waals surface area contributed by atoms with Crippen molar-refractivity contribution in [2.75, 3.05) is 31.0 Å². The third kappa shape index (κ3) is 5.06.